The van der Waals surface area contributed by atoms with Crippen LogP contribution in [-0.4, -0.2) is 6.71 Å². The van der Waals surface area contributed by atoms with Crippen molar-refractivity contribution in [2.75, 3.05) is 14.7 Å². The summed E-state index contributed by atoms with van der Waals surface area (Å²) in [4.78, 5) is 7.81. The third-order valence-electron chi connectivity index (χ3n) is 15.9. The SMILES string of the molecule is CC(C)(C)c1ccc(N2c3cc(C(C)(C)C)ccc3B3c4ccc(C(C)(C)C)cc4N(c4ccc(C(C)(C)C)cc4)c4cc(N(c5ccccc5)c5c(C(C)(C)C)ccc6cc(C(C)(C)C)ccc56)cc2c43)cc1. The molecular weight excluding hydrogens is 894 g/mol. The van der Waals surface area contributed by atoms with Gasteiger partial charge in [-0.1, -0.05) is 222 Å². The van der Waals surface area contributed by atoms with Crippen LogP contribution in [0.1, 0.15) is 158 Å². The van der Waals surface area contributed by atoms with Crippen LogP contribution in [0.3, 0.4) is 0 Å². The van der Waals surface area contributed by atoms with Gasteiger partial charge < -0.3 is 14.7 Å². The van der Waals surface area contributed by atoms with Gasteiger partial charge in [-0.15, -0.1) is 0 Å². The average molecular weight is 974 g/mol. The summed E-state index contributed by atoms with van der Waals surface area (Å²) in [6.45, 7) is 41.9. The maximum Gasteiger partial charge on any atom is 0.252 e. The Bertz CT molecular complexity index is 3280. The molecule has 2 aliphatic rings. The molecule has 4 heteroatoms. The van der Waals surface area contributed by atoms with Crippen molar-refractivity contribution in [2.45, 2.75) is 157 Å². The van der Waals surface area contributed by atoms with Crippen LogP contribution in [0.4, 0.5) is 51.2 Å². The second-order valence-electron chi connectivity index (χ2n) is 27.7. The monoisotopic (exact) mass is 974 g/mol. The van der Waals surface area contributed by atoms with Crippen LogP contribution in [-0.2, 0) is 32.5 Å². The van der Waals surface area contributed by atoms with Crippen molar-refractivity contribution in [1.82, 2.24) is 0 Å². The number of nitrogens with zero attached hydrogens (tertiary/aromatic N) is 3. The van der Waals surface area contributed by atoms with Gasteiger partial charge in [0.2, 0.25) is 0 Å². The molecule has 0 atom stereocenters. The van der Waals surface area contributed by atoms with E-state index in [1.807, 2.05) is 0 Å². The van der Waals surface area contributed by atoms with Gasteiger partial charge in [0.05, 0.1) is 11.4 Å². The number of para-hydroxylation sites is 1. The van der Waals surface area contributed by atoms with Crippen molar-refractivity contribution >= 4 is 85.1 Å². The Kier molecular flexibility index (Phi) is 12.1. The first-order valence-corrected chi connectivity index (χ1v) is 27.2. The second kappa shape index (κ2) is 17.5. The maximum atomic E-state index is 2.61. The molecule has 2 aliphatic heterocycles. The van der Waals surface area contributed by atoms with Crippen molar-refractivity contribution in [1.29, 1.82) is 0 Å². The lowest BCUT2D eigenvalue weighted by Gasteiger charge is -2.46. The van der Waals surface area contributed by atoms with Gasteiger partial charge in [-0.05, 0) is 148 Å². The highest BCUT2D eigenvalue weighted by Crippen LogP contribution is 2.52. The predicted molar refractivity (Wildman–Crippen MR) is 325 cm³/mol. The summed E-state index contributed by atoms with van der Waals surface area (Å²) in [5, 5.41) is 2.48. The van der Waals surface area contributed by atoms with Gasteiger partial charge in [0, 0.05) is 45.2 Å². The van der Waals surface area contributed by atoms with Crippen LogP contribution >= 0.6 is 0 Å². The Morgan fingerprint density at radius 2 is 0.743 bits per heavy atom. The molecule has 0 spiro atoms. The van der Waals surface area contributed by atoms with Crippen molar-refractivity contribution < 1.29 is 0 Å². The molecule has 3 nitrogen and oxygen atoms in total. The summed E-state index contributed by atoms with van der Waals surface area (Å²) < 4.78 is 0. The highest BCUT2D eigenvalue weighted by Gasteiger charge is 2.45. The van der Waals surface area contributed by atoms with E-state index in [1.165, 1.54) is 89.0 Å². The topological polar surface area (TPSA) is 9.72 Å². The molecule has 10 rings (SSSR count). The first kappa shape index (κ1) is 51.0. The molecule has 0 N–H and O–H groups in total. The minimum absolute atomic E-state index is 0.00322. The quantitative estimate of drug-likeness (QED) is 0.159. The lowest BCUT2D eigenvalue weighted by Crippen LogP contribution is -2.61. The minimum Gasteiger partial charge on any atom is -0.311 e. The van der Waals surface area contributed by atoms with Crippen molar-refractivity contribution in [3.8, 4) is 0 Å². The van der Waals surface area contributed by atoms with E-state index in [0.29, 0.717) is 0 Å². The fourth-order valence-electron chi connectivity index (χ4n) is 11.4. The van der Waals surface area contributed by atoms with Gasteiger partial charge in [-0.25, -0.2) is 0 Å². The van der Waals surface area contributed by atoms with E-state index in [1.54, 1.807) is 0 Å². The first-order chi connectivity index (χ1) is 34.5. The zero-order valence-corrected chi connectivity index (χ0v) is 47.9. The lowest BCUT2D eigenvalue weighted by atomic mass is 9.33. The largest absolute Gasteiger partial charge is 0.311 e. The lowest BCUT2D eigenvalue weighted by molar-refractivity contribution is 0.589. The molecule has 0 radical (unpaired) electrons. The second-order valence-corrected chi connectivity index (χ2v) is 27.7. The van der Waals surface area contributed by atoms with Crippen LogP contribution in [0.2, 0.25) is 0 Å². The zero-order valence-electron chi connectivity index (χ0n) is 47.9. The standard InChI is InChI=1S/C70H80BN3/c1-65(2,3)46-25-32-52(33-26-46)73-59-41-49(68(10,11)12)30-38-57(59)71-58-39-31-50(69(13,14)15)42-60(58)74(53-34-27-47(28-35-53)66(4,5)6)62-44-54(43-61(73)63(62)71)72(51-22-20-19-21-23-51)64-55-36-29-48(67(7,8)9)40-45(55)24-37-56(64)70(16,17)18/h19-44H,1-18H3. The predicted octanol–water partition coefficient (Wildman–Crippen LogP) is 18.2. The van der Waals surface area contributed by atoms with Crippen molar-refractivity contribution in [2.24, 2.45) is 0 Å². The molecule has 0 saturated carbocycles. The van der Waals surface area contributed by atoms with E-state index in [4.69, 9.17) is 0 Å². The summed E-state index contributed by atoms with van der Waals surface area (Å²) in [6, 6.07) is 61.8. The smallest absolute Gasteiger partial charge is 0.252 e. The van der Waals surface area contributed by atoms with E-state index < -0.39 is 0 Å². The summed E-state index contributed by atoms with van der Waals surface area (Å²) >= 11 is 0. The van der Waals surface area contributed by atoms with Gasteiger partial charge in [0.15, 0.2) is 0 Å². The van der Waals surface area contributed by atoms with Crippen LogP contribution in [0.25, 0.3) is 10.8 Å². The van der Waals surface area contributed by atoms with E-state index in [-0.39, 0.29) is 39.2 Å². The Hall–Kier alpha value is -6.52. The third-order valence-corrected chi connectivity index (χ3v) is 15.9. The maximum absolute atomic E-state index is 2.61. The Morgan fingerprint density at radius 1 is 0.338 bits per heavy atom. The molecule has 74 heavy (non-hydrogen) atoms. The fraction of sp³-hybridized carbons (Fsp3) is 0.343. The minimum atomic E-state index is -0.181. The number of benzene rings is 8. The number of rotatable bonds is 5. The molecule has 8 aromatic carbocycles. The average Bonchev–Trinajstić information content (AvgIpc) is 3.32. The highest BCUT2D eigenvalue weighted by atomic mass is 15.2. The summed E-state index contributed by atoms with van der Waals surface area (Å²) in [6.07, 6.45) is 0. The number of hydrogen-bond donors (Lipinski definition) is 0. The molecular formula is C70H80BN3. The molecule has 0 bridgehead atoms. The molecule has 378 valence electrons. The Labute approximate surface area is 445 Å². The molecule has 0 aliphatic carbocycles. The number of hydrogen-bond acceptors (Lipinski definition) is 3. The van der Waals surface area contributed by atoms with Gasteiger partial charge in [0.25, 0.3) is 6.71 Å². The molecule has 0 unspecified atom stereocenters. The fourth-order valence-corrected chi connectivity index (χ4v) is 11.4. The summed E-state index contributed by atoms with van der Waals surface area (Å²) in [7, 11) is 0. The van der Waals surface area contributed by atoms with Gasteiger partial charge >= 0.3 is 0 Å². The summed E-state index contributed by atoms with van der Waals surface area (Å²) in [5.74, 6) is 0. The van der Waals surface area contributed by atoms with Gasteiger partial charge in [-0.3, -0.25) is 0 Å². The molecule has 0 saturated heterocycles. The van der Waals surface area contributed by atoms with Crippen molar-refractivity contribution in [3.63, 3.8) is 0 Å². The van der Waals surface area contributed by atoms with Gasteiger partial charge in [-0.2, -0.15) is 0 Å². The summed E-state index contributed by atoms with van der Waals surface area (Å²) in [5.41, 5.74) is 22.2. The van der Waals surface area contributed by atoms with Crippen LogP contribution < -0.4 is 31.1 Å². The van der Waals surface area contributed by atoms with Crippen LogP contribution in [0.15, 0.2) is 158 Å². The van der Waals surface area contributed by atoms with Crippen molar-refractivity contribution in [3.05, 3.63) is 191 Å². The molecule has 2 heterocycles. The Balaban J connectivity index is 1.39. The van der Waals surface area contributed by atoms with E-state index >= 15 is 0 Å². The van der Waals surface area contributed by atoms with Crippen LogP contribution in [0.5, 0.6) is 0 Å². The van der Waals surface area contributed by atoms with E-state index in [2.05, 4.69) is 297 Å². The first-order valence-electron chi connectivity index (χ1n) is 27.2. The van der Waals surface area contributed by atoms with E-state index in [9.17, 15) is 0 Å². The molecule has 0 fully saturated rings. The molecule has 0 amide bonds. The molecule has 8 aromatic rings. The third kappa shape index (κ3) is 9.05. The number of anilines is 9. The number of fused-ring (bicyclic) bond motifs is 5. The van der Waals surface area contributed by atoms with Gasteiger partial charge in [0.1, 0.15) is 0 Å². The normalized spacial score (nSPS) is 14.0. The Morgan fingerprint density at radius 3 is 1.16 bits per heavy atom. The van der Waals surface area contributed by atoms with Crippen LogP contribution in [0, 0.1) is 0 Å². The van der Waals surface area contributed by atoms with E-state index in [0.717, 1.165) is 22.7 Å². The molecule has 0 aromatic heterocycles. The highest BCUT2D eigenvalue weighted by molar-refractivity contribution is 7.00. The zero-order chi connectivity index (χ0) is 53.2.